The molecule has 0 unspecified atom stereocenters. The molecule has 7 nitrogen and oxygen atoms in total. The number of anilines is 2. The molecule has 4 aromatic carbocycles. The van der Waals surface area contributed by atoms with Gasteiger partial charge in [-0.3, -0.25) is 9.10 Å². The van der Waals surface area contributed by atoms with E-state index in [1.54, 1.807) is 36.4 Å². The Hall–Kier alpha value is -4.61. The van der Waals surface area contributed by atoms with E-state index >= 15 is 0 Å². The van der Waals surface area contributed by atoms with Crippen molar-refractivity contribution < 1.29 is 13.2 Å². The van der Waals surface area contributed by atoms with Gasteiger partial charge in [-0.25, -0.2) is 8.42 Å². The molecular formula is C31H28N4O3S. The first-order valence-electron chi connectivity index (χ1n) is 12.7. The highest BCUT2D eigenvalue weighted by Crippen LogP contribution is 2.28. The van der Waals surface area contributed by atoms with E-state index in [1.807, 2.05) is 59.5 Å². The molecule has 0 aromatic heterocycles. The number of amides is 1. The Morgan fingerprint density at radius 3 is 2.00 bits per heavy atom. The Balaban J connectivity index is 1.38. The molecule has 0 atom stereocenters. The van der Waals surface area contributed by atoms with Crippen molar-refractivity contribution >= 4 is 27.3 Å². The van der Waals surface area contributed by atoms with Crippen molar-refractivity contribution in [2.45, 2.75) is 11.4 Å². The zero-order chi connectivity index (χ0) is 27.2. The lowest BCUT2D eigenvalue weighted by molar-refractivity contribution is 0.0747. The van der Waals surface area contributed by atoms with Crippen molar-refractivity contribution in [1.82, 2.24) is 4.90 Å². The van der Waals surface area contributed by atoms with Crippen LogP contribution in [0.15, 0.2) is 114 Å². The Labute approximate surface area is 229 Å². The number of rotatable bonds is 7. The van der Waals surface area contributed by atoms with E-state index in [9.17, 15) is 18.5 Å². The summed E-state index contributed by atoms with van der Waals surface area (Å²) < 4.78 is 28.9. The predicted octanol–water partition coefficient (Wildman–Crippen LogP) is 4.92. The number of carbonyl (C=O) groups is 1. The summed E-state index contributed by atoms with van der Waals surface area (Å²) in [6.45, 7) is 2.78. The summed E-state index contributed by atoms with van der Waals surface area (Å²) >= 11 is 0. The number of nitrogens with zero attached hydrogens (tertiary/aromatic N) is 4. The summed E-state index contributed by atoms with van der Waals surface area (Å²) in [5.41, 5.74) is 2.94. The van der Waals surface area contributed by atoms with Crippen LogP contribution in [0.4, 0.5) is 11.4 Å². The maximum atomic E-state index is 13.8. The van der Waals surface area contributed by atoms with Crippen LogP contribution in [0.25, 0.3) is 0 Å². The third kappa shape index (κ3) is 5.64. The van der Waals surface area contributed by atoms with E-state index < -0.39 is 10.0 Å². The van der Waals surface area contributed by atoms with Crippen LogP contribution in [0, 0.1) is 11.3 Å². The first-order valence-corrected chi connectivity index (χ1v) is 14.2. The Bertz CT molecular complexity index is 1580. The molecule has 0 spiro atoms. The summed E-state index contributed by atoms with van der Waals surface area (Å²) in [5, 5.41) is 9.55. The average Bonchev–Trinajstić information content (AvgIpc) is 3.00. The topological polar surface area (TPSA) is 84.7 Å². The number of piperazine rings is 1. The summed E-state index contributed by atoms with van der Waals surface area (Å²) in [7, 11) is -4.07. The number of hydrogen-bond donors (Lipinski definition) is 0. The highest BCUT2D eigenvalue weighted by molar-refractivity contribution is 7.92. The molecule has 1 fully saturated rings. The van der Waals surface area contributed by atoms with Crippen molar-refractivity contribution in [2.24, 2.45) is 0 Å². The van der Waals surface area contributed by atoms with Crippen LogP contribution >= 0.6 is 0 Å². The molecule has 0 aliphatic carbocycles. The standard InChI is InChI=1S/C31H28N4O3S/c32-23-27-11-7-8-14-30(27)39(37,38)35(24-25-9-3-1-4-10-25)29-17-15-26(16-18-29)31(36)34-21-19-33(20-22-34)28-12-5-2-6-13-28/h1-18H,19-22,24H2. The molecule has 5 rings (SSSR count). The SMILES string of the molecule is N#Cc1ccccc1S(=O)(=O)N(Cc1ccccc1)c1ccc(C(=O)N2CCN(c3ccccc3)CC2)cc1. The Morgan fingerprint density at radius 1 is 0.769 bits per heavy atom. The van der Waals surface area contributed by atoms with Crippen LogP contribution in [0.5, 0.6) is 0 Å². The van der Waals surface area contributed by atoms with Gasteiger partial charge < -0.3 is 9.80 Å². The van der Waals surface area contributed by atoms with Crippen LogP contribution < -0.4 is 9.21 Å². The van der Waals surface area contributed by atoms with Crippen molar-refractivity contribution in [1.29, 1.82) is 5.26 Å². The molecular weight excluding hydrogens is 508 g/mol. The van der Waals surface area contributed by atoms with Gasteiger partial charge in [0, 0.05) is 37.4 Å². The van der Waals surface area contributed by atoms with E-state index in [0.29, 0.717) is 24.3 Å². The number of benzene rings is 4. The van der Waals surface area contributed by atoms with Gasteiger partial charge in [0.05, 0.1) is 17.8 Å². The minimum absolute atomic E-state index is 0.0557. The fraction of sp³-hybridized carbons (Fsp3) is 0.161. The van der Waals surface area contributed by atoms with E-state index in [-0.39, 0.29) is 22.9 Å². The normalized spacial score (nSPS) is 13.5. The highest BCUT2D eigenvalue weighted by Gasteiger charge is 2.28. The molecule has 0 saturated carbocycles. The lowest BCUT2D eigenvalue weighted by Crippen LogP contribution is -2.48. The fourth-order valence-electron chi connectivity index (χ4n) is 4.73. The monoisotopic (exact) mass is 536 g/mol. The van der Waals surface area contributed by atoms with Gasteiger partial charge in [0.2, 0.25) is 0 Å². The van der Waals surface area contributed by atoms with Crippen LogP contribution in [0.1, 0.15) is 21.5 Å². The van der Waals surface area contributed by atoms with Crippen molar-refractivity contribution in [2.75, 3.05) is 35.4 Å². The van der Waals surface area contributed by atoms with Crippen LogP contribution in [0.2, 0.25) is 0 Å². The molecule has 1 heterocycles. The van der Waals surface area contributed by atoms with Crippen molar-refractivity contribution in [3.8, 4) is 6.07 Å². The molecule has 39 heavy (non-hydrogen) atoms. The second kappa shape index (κ2) is 11.4. The first kappa shape index (κ1) is 26.0. The lowest BCUT2D eigenvalue weighted by Gasteiger charge is -2.36. The second-order valence-electron chi connectivity index (χ2n) is 9.27. The van der Waals surface area contributed by atoms with Crippen LogP contribution in [-0.2, 0) is 16.6 Å². The van der Waals surface area contributed by atoms with E-state index in [2.05, 4.69) is 17.0 Å². The van der Waals surface area contributed by atoms with Gasteiger partial charge in [-0.15, -0.1) is 0 Å². The summed E-state index contributed by atoms with van der Waals surface area (Å²) in [6, 6.07) is 34.2. The maximum Gasteiger partial charge on any atom is 0.265 e. The smallest absolute Gasteiger partial charge is 0.265 e. The molecule has 8 heteroatoms. The average molecular weight is 537 g/mol. The molecule has 1 aliphatic rings. The van der Waals surface area contributed by atoms with Gasteiger partial charge in [-0.2, -0.15) is 5.26 Å². The third-order valence-electron chi connectivity index (χ3n) is 6.84. The Kier molecular flexibility index (Phi) is 7.62. The van der Waals surface area contributed by atoms with Gasteiger partial charge >= 0.3 is 0 Å². The molecule has 1 aliphatic heterocycles. The Morgan fingerprint density at radius 2 is 1.36 bits per heavy atom. The van der Waals surface area contributed by atoms with E-state index in [1.165, 1.54) is 16.4 Å². The highest BCUT2D eigenvalue weighted by atomic mass is 32.2. The van der Waals surface area contributed by atoms with Gasteiger partial charge in [0.15, 0.2) is 0 Å². The summed E-state index contributed by atoms with van der Waals surface area (Å²) in [5.74, 6) is -0.0819. The largest absolute Gasteiger partial charge is 0.368 e. The third-order valence-corrected chi connectivity index (χ3v) is 8.67. The van der Waals surface area contributed by atoms with E-state index in [0.717, 1.165) is 24.3 Å². The number of sulfonamides is 1. The van der Waals surface area contributed by atoms with Gasteiger partial charge in [0.25, 0.3) is 15.9 Å². The fourth-order valence-corrected chi connectivity index (χ4v) is 6.32. The summed E-state index contributed by atoms with van der Waals surface area (Å²) in [4.78, 5) is 17.3. The van der Waals surface area contributed by atoms with Gasteiger partial charge in [-0.05, 0) is 54.1 Å². The molecule has 1 amide bonds. The number of hydrogen-bond acceptors (Lipinski definition) is 5. The molecule has 1 saturated heterocycles. The maximum absolute atomic E-state index is 13.8. The minimum atomic E-state index is -4.07. The number of nitriles is 1. The quantitative estimate of drug-likeness (QED) is 0.335. The van der Waals surface area contributed by atoms with Crippen LogP contribution in [-0.4, -0.2) is 45.4 Å². The molecule has 0 bridgehead atoms. The molecule has 0 radical (unpaired) electrons. The van der Waals surface area contributed by atoms with Gasteiger partial charge in [0.1, 0.15) is 11.0 Å². The van der Waals surface area contributed by atoms with E-state index in [4.69, 9.17) is 0 Å². The van der Waals surface area contributed by atoms with Crippen LogP contribution in [0.3, 0.4) is 0 Å². The number of carbonyl (C=O) groups excluding carboxylic acids is 1. The molecule has 196 valence electrons. The van der Waals surface area contributed by atoms with Gasteiger partial charge in [-0.1, -0.05) is 60.7 Å². The van der Waals surface area contributed by atoms with Crippen molar-refractivity contribution in [3.05, 3.63) is 126 Å². The molecule has 4 aromatic rings. The minimum Gasteiger partial charge on any atom is -0.368 e. The predicted molar refractivity (Wildman–Crippen MR) is 152 cm³/mol. The van der Waals surface area contributed by atoms with Crippen molar-refractivity contribution in [3.63, 3.8) is 0 Å². The zero-order valence-electron chi connectivity index (χ0n) is 21.3. The second-order valence-corrected chi connectivity index (χ2v) is 11.1. The molecule has 0 N–H and O–H groups in total. The number of para-hydroxylation sites is 1. The zero-order valence-corrected chi connectivity index (χ0v) is 22.2. The summed E-state index contributed by atoms with van der Waals surface area (Å²) in [6.07, 6.45) is 0. The lowest BCUT2D eigenvalue weighted by atomic mass is 10.1. The first-order chi connectivity index (χ1) is 19.0.